The van der Waals surface area contributed by atoms with Crippen LogP contribution in [0.2, 0.25) is 0 Å². The SMILES string of the molecule is CC(C)(C)c1cc(NC(=O)C(C)(C)S(=O)(=O)c2ccccc2)no1.CC(C)(C)c1csc(NC(=O)C(C)(C)S(=O)(=O)c2ccccc2)n1.Cc1nc(N)sc1C(C)(C)C. The summed E-state index contributed by atoms with van der Waals surface area (Å²) in [5.74, 6) is -0.468. The van der Waals surface area contributed by atoms with Crippen LogP contribution in [0, 0.1) is 6.92 Å². The molecule has 0 bridgehead atoms. The monoisotopic (exact) mass is 886 g/mol. The Bertz CT molecular complexity index is 2290. The fourth-order valence-corrected chi connectivity index (χ4v) is 9.65. The van der Waals surface area contributed by atoms with Gasteiger partial charge in [0.25, 0.3) is 0 Å². The highest BCUT2D eigenvalue weighted by Gasteiger charge is 2.44. The number of aryl methyl sites for hydroxylation is 1. The number of thiazole rings is 2. The predicted molar refractivity (Wildman–Crippen MR) is 239 cm³/mol. The summed E-state index contributed by atoms with van der Waals surface area (Å²) in [4.78, 5) is 35.2. The molecule has 322 valence electrons. The van der Waals surface area contributed by atoms with Crippen molar-refractivity contribution in [3.63, 3.8) is 0 Å². The van der Waals surface area contributed by atoms with Gasteiger partial charge in [-0.2, -0.15) is 0 Å². The summed E-state index contributed by atoms with van der Waals surface area (Å²) < 4.78 is 53.0. The fourth-order valence-electron chi connectivity index (χ4n) is 5.02. The van der Waals surface area contributed by atoms with E-state index in [0.717, 1.165) is 11.4 Å². The number of aromatic nitrogens is 3. The second-order valence-electron chi connectivity index (χ2n) is 17.9. The fraction of sp³-hybridized carbons (Fsp3) is 0.452. The van der Waals surface area contributed by atoms with Gasteiger partial charge in [-0.15, -0.1) is 22.7 Å². The van der Waals surface area contributed by atoms with E-state index in [-0.39, 0.29) is 31.9 Å². The van der Waals surface area contributed by atoms with Crippen molar-refractivity contribution < 1.29 is 30.9 Å². The van der Waals surface area contributed by atoms with Crippen LogP contribution < -0.4 is 16.4 Å². The van der Waals surface area contributed by atoms with Crippen molar-refractivity contribution in [2.75, 3.05) is 16.4 Å². The van der Waals surface area contributed by atoms with Crippen LogP contribution in [-0.4, -0.2) is 53.3 Å². The van der Waals surface area contributed by atoms with E-state index in [1.54, 1.807) is 53.8 Å². The minimum absolute atomic E-state index is 0.0979. The standard InChI is InChI=1S/C17H22N2O4S.C17H22N2O3S2.C8H14N2S/c1-16(2,3)13-11-14(19-23-13)18-15(20)17(4,5)24(21,22)12-9-7-6-8-10-12;1-16(2,3)13-11-23-15(18-13)19-14(20)17(4,5)24(21,22)12-9-7-6-8-10-12;1-5-6(8(2,3)4)11-7(9)10-5/h2*6-11H,1-5H3,(H,18,19,20);1-4H3,(H2,9,10). The summed E-state index contributed by atoms with van der Waals surface area (Å²) in [6, 6.07) is 17.5. The molecule has 13 nitrogen and oxygen atoms in total. The van der Waals surface area contributed by atoms with E-state index in [4.69, 9.17) is 10.3 Å². The Morgan fingerprint density at radius 2 is 1.12 bits per heavy atom. The highest BCUT2D eigenvalue weighted by atomic mass is 32.2. The third kappa shape index (κ3) is 11.9. The highest BCUT2D eigenvalue weighted by Crippen LogP contribution is 2.33. The Hall–Kier alpha value is -4.45. The Morgan fingerprint density at radius 3 is 1.46 bits per heavy atom. The summed E-state index contributed by atoms with van der Waals surface area (Å²) in [6.07, 6.45) is 0. The maximum Gasteiger partial charge on any atom is 0.247 e. The summed E-state index contributed by atoms with van der Waals surface area (Å²) in [5.41, 5.74) is 7.29. The van der Waals surface area contributed by atoms with Crippen LogP contribution in [0.25, 0.3) is 0 Å². The lowest BCUT2D eigenvalue weighted by atomic mass is 9.93. The number of hydrogen-bond acceptors (Lipinski definition) is 13. The average Bonchev–Trinajstić information content (AvgIpc) is 3.89. The van der Waals surface area contributed by atoms with E-state index < -0.39 is 41.0 Å². The Morgan fingerprint density at radius 1 is 0.661 bits per heavy atom. The molecule has 0 aliphatic carbocycles. The summed E-state index contributed by atoms with van der Waals surface area (Å²) in [5, 5.41) is 11.9. The van der Waals surface area contributed by atoms with Crippen LogP contribution in [0.3, 0.4) is 0 Å². The molecule has 0 aliphatic rings. The zero-order valence-electron chi connectivity index (χ0n) is 36.3. The van der Waals surface area contributed by atoms with E-state index in [9.17, 15) is 26.4 Å². The van der Waals surface area contributed by atoms with Crippen molar-refractivity contribution in [3.05, 3.63) is 94.1 Å². The van der Waals surface area contributed by atoms with Gasteiger partial charge >= 0.3 is 0 Å². The molecule has 0 atom stereocenters. The smallest absolute Gasteiger partial charge is 0.247 e. The molecule has 5 aromatic rings. The number of rotatable bonds is 8. The van der Waals surface area contributed by atoms with Gasteiger partial charge in [0.2, 0.25) is 11.8 Å². The number of anilines is 3. The van der Waals surface area contributed by atoms with Crippen molar-refractivity contribution in [2.24, 2.45) is 0 Å². The van der Waals surface area contributed by atoms with E-state index >= 15 is 0 Å². The molecule has 0 fully saturated rings. The first-order valence-electron chi connectivity index (χ1n) is 18.7. The summed E-state index contributed by atoms with van der Waals surface area (Å²) in [6.45, 7) is 26.0. The van der Waals surface area contributed by atoms with Gasteiger partial charge in [0.1, 0.15) is 15.3 Å². The Labute approximate surface area is 357 Å². The number of nitrogens with zero attached hydrogens (tertiary/aromatic N) is 3. The van der Waals surface area contributed by atoms with Gasteiger partial charge in [0.05, 0.1) is 21.2 Å². The lowest BCUT2D eigenvalue weighted by Gasteiger charge is -2.23. The molecular formula is C42H58N6O7S4. The van der Waals surface area contributed by atoms with E-state index in [1.165, 1.54) is 68.2 Å². The molecule has 0 aliphatic heterocycles. The van der Waals surface area contributed by atoms with Gasteiger partial charge < -0.3 is 20.9 Å². The number of amides is 2. The number of nitrogens with two attached hydrogens (primary N) is 1. The van der Waals surface area contributed by atoms with Crippen LogP contribution >= 0.6 is 22.7 Å². The van der Waals surface area contributed by atoms with Crippen LogP contribution in [-0.2, 0) is 45.5 Å². The van der Waals surface area contributed by atoms with Gasteiger partial charge in [0, 0.05) is 27.2 Å². The first-order valence-corrected chi connectivity index (χ1v) is 23.4. The highest BCUT2D eigenvalue weighted by molar-refractivity contribution is 7.94. The molecule has 0 saturated heterocycles. The van der Waals surface area contributed by atoms with Crippen LogP contribution in [0.15, 0.2) is 86.4 Å². The largest absolute Gasteiger partial charge is 0.375 e. The minimum Gasteiger partial charge on any atom is -0.375 e. The zero-order valence-corrected chi connectivity index (χ0v) is 39.6. The number of carbonyl (C=O) groups excluding carboxylic acids is 2. The quantitative estimate of drug-likeness (QED) is 0.134. The van der Waals surface area contributed by atoms with Crippen LogP contribution in [0.4, 0.5) is 16.1 Å². The number of nitrogens with one attached hydrogen (secondary N) is 2. The van der Waals surface area contributed by atoms with Crippen molar-refractivity contribution in [2.45, 2.75) is 132 Å². The lowest BCUT2D eigenvalue weighted by molar-refractivity contribution is -0.118. The second kappa shape index (κ2) is 18.0. The predicted octanol–water partition coefficient (Wildman–Crippen LogP) is 9.13. The number of sulfone groups is 2. The van der Waals surface area contributed by atoms with E-state index in [2.05, 4.69) is 46.5 Å². The van der Waals surface area contributed by atoms with Crippen molar-refractivity contribution >= 4 is 70.2 Å². The van der Waals surface area contributed by atoms with Gasteiger partial charge in [-0.25, -0.2) is 26.8 Å². The molecule has 3 aromatic heterocycles. The molecule has 3 heterocycles. The first kappa shape index (κ1) is 48.9. The normalized spacial score (nSPS) is 12.7. The molecule has 2 amide bonds. The van der Waals surface area contributed by atoms with Crippen molar-refractivity contribution in [1.29, 1.82) is 0 Å². The zero-order chi connectivity index (χ0) is 45.0. The molecule has 2 aromatic carbocycles. The third-order valence-electron chi connectivity index (χ3n) is 9.02. The Kier molecular flexibility index (Phi) is 15.0. The second-order valence-corrected chi connectivity index (χ2v) is 24.8. The maximum absolute atomic E-state index is 12.8. The van der Waals surface area contributed by atoms with Gasteiger partial charge in [-0.3, -0.25) is 9.59 Å². The third-order valence-corrected chi connectivity index (χ3v) is 16.0. The van der Waals surface area contributed by atoms with Gasteiger partial charge in [-0.05, 0) is 64.3 Å². The van der Waals surface area contributed by atoms with Crippen LogP contribution in [0.1, 0.15) is 112 Å². The lowest BCUT2D eigenvalue weighted by Crippen LogP contribution is -2.44. The topological polar surface area (TPSA) is 204 Å². The molecule has 5 rings (SSSR count). The Balaban J connectivity index is 0.000000253. The molecule has 0 radical (unpaired) electrons. The van der Waals surface area contributed by atoms with E-state index in [0.29, 0.717) is 16.0 Å². The number of benzene rings is 2. The summed E-state index contributed by atoms with van der Waals surface area (Å²) >= 11 is 2.88. The van der Waals surface area contributed by atoms with E-state index in [1.807, 2.05) is 53.8 Å². The molecule has 59 heavy (non-hydrogen) atoms. The molecule has 0 saturated carbocycles. The molecule has 0 spiro atoms. The van der Waals surface area contributed by atoms with Gasteiger partial charge in [-0.1, -0.05) is 104 Å². The molecule has 4 N–H and O–H groups in total. The number of nitrogen functional groups attached to an aromatic ring is 1. The van der Waals surface area contributed by atoms with Gasteiger partial charge in [0.15, 0.2) is 35.8 Å². The minimum atomic E-state index is -3.85. The molecule has 0 unspecified atom stereocenters. The average molecular weight is 887 g/mol. The number of carbonyl (C=O) groups is 2. The van der Waals surface area contributed by atoms with Crippen molar-refractivity contribution in [3.8, 4) is 0 Å². The number of hydrogen-bond donors (Lipinski definition) is 3. The van der Waals surface area contributed by atoms with Crippen LogP contribution in [0.5, 0.6) is 0 Å². The molecular weight excluding hydrogens is 829 g/mol. The maximum atomic E-state index is 12.8. The first-order chi connectivity index (χ1) is 26.8. The summed E-state index contributed by atoms with van der Waals surface area (Å²) in [7, 11) is -7.66. The molecule has 17 heteroatoms. The van der Waals surface area contributed by atoms with Crippen molar-refractivity contribution in [1.82, 2.24) is 15.1 Å².